The quantitative estimate of drug-likeness (QED) is 0.813. The Hall–Kier alpha value is -1.22. The third kappa shape index (κ3) is 2.39. The summed E-state index contributed by atoms with van der Waals surface area (Å²) in [6.07, 6.45) is 4.26. The number of halogens is 1. The molecule has 0 aliphatic heterocycles. The topological polar surface area (TPSA) is 55.1 Å². The van der Waals surface area contributed by atoms with Crippen molar-refractivity contribution in [1.82, 2.24) is 5.32 Å². The number of nitrogen functional groups attached to an aromatic ring is 1. The van der Waals surface area contributed by atoms with E-state index in [1.165, 1.54) is 6.42 Å². The molecule has 17 heavy (non-hydrogen) atoms. The maximum Gasteiger partial charge on any atom is 0.253 e. The number of carbonyl (C=O) groups is 1. The van der Waals surface area contributed by atoms with E-state index in [1.54, 1.807) is 18.2 Å². The first-order valence-corrected chi connectivity index (χ1v) is 6.32. The number of hydrogen-bond acceptors (Lipinski definition) is 2. The minimum absolute atomic E-state index is 0.0121. The van der Waals surface area contributed by atoms with Gasteiger partial charge in [-0.1, -0.05) is 18.5 Å². The largest absolute Gasteiger partial charge is 0.399 e. The van der Waals surface area contributed by atoms with Crippen LogP contribution in [-0.2, 0) is 0 Å². The molecular weight excluding hydrogens is 236 g/mol. The lowest BCUT2D eigenvalue weighted by molar-refractivity contribution is 0.0820. The summed E-state index contributed by atoms with van der Waals surface area (Å²) in [5.41, 5.74) is 6.66. The van der Waals surface area contributed by atoms with Crippen molar-refractivity contribution in [1.29, 1.82) is 0 Å². The predicted molar refractivity (Wildman–Crippen MR) is 70.2 cm³/mol. The number of nitrogens with two attached hydrogens (primary N) is 1. The second kappa shape index (κ2) is 4.57. The first-order chi connectivity index (χ1) is 8.06. The zero-order valence-electron chi connectivity index (χ0n) is 9.92. The molecule has 0 atom stereocenters. The highest BCUT2D eigenvalue weighted by Gasteiger charge is 2.36. The zero-order valence-corrected chi connectivity index (χ0v) is 10.7. The van der Waals surface area contributed by atoms with Crippen LogP contribution in [0.25, 0.3) is 0 Å². The van der Waals surface area contributed by atoms with E-state index in [9.17, 15) is 4.79 Å². The Balaban J connectivity index is 2.14. The second-order valence-electron chi connectivity index (χ2n) is 4.68. The summed E-state index contributed by atoms with van der Waals surface area (Å²) >= 11 is 6.02. The van der Waals surface area contributed by atoms with Crippen molar-refractivity contribution in [2.24, 2.45) is 0 Å². The lowest BCUT2D eigenvalue weighted by Crippen LogP contribution is -2.53. The molecule has 2 rings (SSSR count). The zero-order chi connectivity index (χ0) is 12.5. The van der Waals surface area contributed by atoms with E-state index in [0.29, 0.717) is 16.3 Å². The molecule has 1 aromatic carbocycles. The Morgan fingerprint density at radius 3 is 2.71 bits per heavy atom. The SMILES string of the molecule is CCC1(NC(=O)c2ccc(N)cc2Cl)CCC1. The molecule has 1 aromatic rings. The third-order valence-corrected chi connectivity index (χ3v) is 3.92. The van der Waals surface area contributed by atoms with Crippen LogP contribution in [0, 0.1) is 0 Å². The Labute approximate surface area is 106 Å². The van der Waals surface area contributed by atoms with Gasteiger partial charge in [0.1, 0.15) is 0 Å². The molecule has 3 nitrogen and oxygen atoms in total. The van der Waals surface area contributed by atoms with Gasteiger partial charge in [0.05, 0.1) is 10.6 Å². The smallest absolute Gasteiger partial charge is 0.253 e. The van der Waals surface area contributed by atoms with Crippen LogP contribution in [0.4, 0.5) is 5.69 Å². The van der Waals surface area contributed by atoms with Gasteiger partial charge >= 0.3 is 0 Å². The van der Waals surface area contributed by atoms with Crippen LogP contribution in [-0.4, -0.2) is 11.4 Å². The fourth-order valence-corrected chi connectivity index (χ4v) is 2.47. The molecular formula is C13H17ClN2O. The minimum atomic E-state index is -0.100. The molecule has 1 saturated carbocycles. The number of nitrogens with one attached hydrogen (secondary N) is 1. The average Bonchev–Trinajstić information content (AvgIpc) is 2.23. The van der Waals surface area contributed by atoms with Gasteiger partial charge in [-0.3, -0.25) is 4.79 Å². The van der Waals surface area contributed by atoms with E-state index in [4.69, 9.17) is 17.3 Å². The summed E-state index contributed by atoms with van der Waals surface area (Å²) in [6.45, 7) is 2.10. The number of carbonyl (C=O) groups excluding carboxylic acids is 1. The number of hydrogen-bond donors (Lipinski definition) is 2. The van der Waals surface area contributed by atoms with Crippen molar-refractivity contribution in [3.63, 3.8) is 0 Å². The highest BCUT2D eigenvalue weighted by molar-refractivity contribution is 6.34. The predicted octanol–water partition coefficient (Wildman–Crippen LogP) is 2.98. The van der Waals surface area contributed by atoms with Crippen molar-refractivity contribution in [3.05, 3.63) is 28.8 Å². The van der Waals surface area contributed by atoms with Gasteiger partial charge in [-0.25, -0.2) is 0 Å². The molecule has 0 saturated heterocycles. The molecule has 1 aliphatic rings. The summed E-state index contributed by atoms with van der Waals surface area (Å²) in [5.74, 6) is -0.100. The number of rotatable bonds is 3. The van der Waals surface area contributed by atoms with Crippen LogP contribution in [0.2, 0.25) is 5.02 Å². The first kappa shape index (κ1) is 12.2. The second-order valence-corrected chi connectivity index (χ2v) is 5.09. The van der Waals surface area contributed by atoms with Gasteiger partial charge in [-0.15, -0.1) is 0 Å². The van der Waals surface area contributed by atoms with Crippen molar-refractivity contribution in [2.45, 2.75) is 38.1 Å². The highest BCUT2D eigenvalue weighted by Crippen LogP contribution is 2.35. The van der Waals surface area contributed by atoms with Crippen LogP contribution in [0.15, 0.2) is 18.2 Å². The monoisotopic (exact) mass is 252 g/mol. The van der Waals surface area contributed by atoms with E-state index < -0.39 is 0 Å². The third-order valence-electron chi connectivity index (χ3n) is 3.60. The lowest BCUT2D eigenvalue weighted by atomic mass is 9.74. The van der Waals surface area contributed by atoms with Crippen LogP contribution in [0.5, 0.6) is 0 Å². The average molecular weight is 253 g/mol. The molecule has 0 aromatic heterocycles. The van der Waals surface area contributed by atoms with Gasteiger partial charge in [-0.2, -0.15) is 0 Å². The summed E-state index contributed by atoms with van der Waals surface area (Å²) in [4.78, 5) is 12.1. The van der Waals surface area contributed by atoms with E-state index in [2.05, 4.69) is 12.2 Å². The van der Waals surface area contributed by atoms with Crippen molar-refractivity contribution >= 4 is 23.2 Å². The fourth-order valence-electron chi connectivity index (χ4n) is 2.19. The van der Waals surface area contributed by atoms with E-state index in [0.717, 1.165) is 19.3 Å². The molecule has 0 heterocycles. The normalized spacial score (nSPS) is 17.3. The lowest BCUT2D eigenvalue weighted by Gasteiger charge is -2.42. The number of anilines is 1. The van der Waals surface area contributed by atoms with Crippen LogP contribution in [0.3, 0.4) is 0 Å². The van der Waals surface area contributed by atoms with Crippen molar-refractivity contribution in [3.8, 4) is 0 Å². The molecule has 1 fully saturated rings. The number of benzene rings is 1. The standard InChI is InChI=1S/C13H17ClN2O/c1-2-13(6-3-7-13)16-12(17)10-5-4-9(15)8-11(10)14/h4-5,8H,2-3,6-7,15H2,1H3,(H,16,17). The molecule has 1 aliphatic carbocycles. The molecule has 3 N–H and O–H groups in total. The fraction of sp³-hybridized carbons (Fsp3) is 0.462. The molecule has 0 unspecified atom stereocenters. The van der Waals surface area contributed by atoms with Crippen LogP contribution < -0.4 is 11.1 Å². The van der Waals surface area contributed by atoms with Crippen LogP contribution in [0.1, 0.15) is 43.0 Å². The Morgan fingerprint density at radius 2 is 2.24 bits per heavy atom. The van der Waals surface area contributed by atoms with Crippen molar-refractivity contribution < 1.29 is 4.79 Å². The first-order valence-electron chi connectivity index (χ1n) is 5.94. The van der Waals surface area contributed by atoms with Gasteiger partial charge in [0.2, 0.25) is 0 Å². The van der Waals surface area contributed by atoms with Gasteiger partial charge in [0, 0.05) is 11.2 Å². The Kier molecular flexibility index (Phi) is 3.29. The van der Waals surface area contributed by atoms with E-state index in [-0.39, 0.29) is 11.4 Å². The summed E-state index contributed by atoms with van der Waals surface area (Å²) < 4.78 is 0. The Morgan fingerprint density at radius 1 is 1.53 bits per heavy atom. The van der Waals surface area contributed by atoms with Crippen LogP contribution >= 0.6 is 11.6 Å². The minimum Gasteiger partial charge on any atom is -0.399 e. The molecule has 92 valence electrons. The van der Waals surface area contributed by atoms with Gasteiger partial charge in [0.25, 0.3) is 5.91 Å². The van der Waals surface area contributed by atoms with Gasteiger partial charge in [0.15, 0.2) is 0 Å². The maximum absolute atomic E-state index is 12.1. The summed E-state index contributed by atoms with van der Waals surface area (Å²) in [7, 11) is 0. The van der Waals surface area contributed by atoms with E-state index in [1.807, 2.05) is 0 Å². The molecule has 1 amide bonds. The van der Waals surface area contributed by atoms with Gasteiger partial charge in [-0.05, 0) is 43.9 Å². The Bertz CT molecular complexity index is 436. The maximum atomic E-state index is 12.1. The molecule has 0 bridgehead atoms. The summed E-state index contributed by atoms with van der Waals surface area (Å²) in [6, 6.07) is 4.98. The highest BCUT2D eigenvalue weighted by atomic mass is 35.5. The molecule has 0 spiro atoms. The van der Waals surface area contributed by atoms with Gasteiger partial charge < -0.3 is 11.1 Å². The van der Waals surface area contributed by atoms with E-state index >= 15 is 0 Å². The molecule has 4 heteroatoms. The van der Waals surface area contributed by atoms with Crippen molar-refractivity contribution in [2.75, 3.05) is 5.73 Å². The number of amides is 1. The summed E-state index contributed by atoms with van der Waals surface area (Å²) in [5, 5.41) is 3.50. The molecule has 0 radical (unpaired) electrons.